The van der Waals surface area contributed by atoms with Crippen molar-refractivity contribution in [3.05, 3.63) is 39.4 Å². The molecule has 3 N–H and O–H groups in total. The smallest absolute Gasteiger partial charge is 0.271 e. The lowest BCUT2D eigenvalue weighted by Gasteiger charge is -2.18. The second-order valence-electron chi connectivity index (χ2n) is 5.04. The third-order valence-corrected chi connectivity index (χ3v) is 4.69. The maximum Gasteiger partial charge on any atom is 0.271 e. The van der Waals surface area contributed by atoms with Crippen molar-refractivity contribution < 1.29 is 4.79 Å². The van der Waals surface area contributed by atoms with Crippen LogP contribution in [0.4, 0.5) is 5.82 Å². The van der Waals surface area contributed by atoms with Crippen LogP contribution in [0.25, 0.3) is 0 Å². The fourth-order valence-electron chi connectivity index (χ4n) is 2.45. The first kappa shape index (κ1) is 15.2. The number of hydrogen-bond donors (Lipinski definition) is 2. The summed E-state index contributed by atoms with van der Waals surface area (Å²) in [6.45, 7) is 1.86. The van der Waals surface area contributed by atoms with Gasteiger partial charge in [0.15, 0.2) is 0 Å². The van der Waals surface area contributed by atoms with Crippen LogP contribution in [0.5, 0.6) is 0 Å². The number of anilines is 1. The minimum absolute atomic E-state index is 0.0635. The Kier molecular flexibility index (Phi) is 4.56. The number of nitrogens with zero attached hydrogens (tertiary/aromatic N) is 3. The normalized spacial score (nSPS) is 17.7. The summed E-state index contributed by atoms with van der Waals surface area (Å²) >= 11 is 7.56. The summed E-state index contributed by atoms with van der Waals surface area (Å²) in [5, 5.41) is 6.13. The van der Waals surface area contributed by atoms with Crippen molar-refractivity contribution in [3.8, 4) is 0 Å². The van der Waals surface area contributed by atoms with Crippen LogP contribution in [0.15, 0.2) is 23.7 Å². The zero-order valence-corrected chi connectivity index (χ0v) is 13.4. The number of aromatic nitrogens is 2. The number of rotatable bonds is 4. The molecule has 0 aliphatic carbocycles. The van der Waals surface area contributed by atoms with E-state index in [4.69, 9.17) is 17.3 Å². The number of hydrogen-bond acceptors (Lipinski definition) is 6. The predicted molar refractivity (Wildman–Crippen MR) is 87.3 cm³/mol. The maximum atomic E-state index is 12.2. The van der Waals surface area contributed by atoms with Crippen molar-refractivity contribution in [2.75, 3.05) is 18.0 Å². The molecule has 1 aliphatic rings. The van der Waals surface area contributed by atoms with E-state index in [1.54, 1.807) is 17.6 Å². The summed E-state index contributed by atoms with van der Waals surface area (Å²) in [6, 6.07) is 3.69. The largest absolute Gasteiger partial charge is 0.353 e. The Morgan fingerprint density at radius 1 is 1.59 bits per heavy atom. The summed E-state index contributed by atoms with van der Waals surface area (Å²) in [7, 11) is 0. The second kappa shape index (κ2) is 6.60. The molecule has 6 nitrogen and oxygen atoms in total. The molecule has 0 bridgehead atoms. The molecular formula is C14H16ClN5OS. The highest BCUT2D eigenvalue weighted by atomic mass is 35.5. The van der Waals surface area contributed by atoms with E-state index in [9.17, 15) is 4.79 Å². The Morgan fingerprint density at radius 3 is 3.18 bits per heavy atom. The molecule has 22 heavy (non-hydrogen) atoms. The van der Waals surface area contributed by atoms with Crippen molar-refractivity contribution in [1.82, 2.24) is 15.3 Å². The molecule has 3 rings (SSSR count). The Morgan fingerprint density at radius 2 is 2.45 bits per heavy atom. The zero-order valence-electron chi connectivity index (χ0n) is 11.8. The average molecular weight is 338 g/mol. The van der Waals surface area contributed by atoms with E-state index in [2.05, 4.69) is 20.2 Å². The molecule has 1 fully saturated rings. The molecule has 2 aromatic heterocycles. The Labute approximate surface area is 137 Å². The molecule has 1 aliphatic heterocycles. The van der Waals surface area contributed by atoms with Gasteiger partial charge >= 0.3 is 0 Å². The Balaban J connectivity index is 1.61. The van der Waals surface area contributed by atoms with Crippen LogP contribution >= 0.6 is 22.9 Å². The zero-order chi connectivity index (χ0) is 15.5. The molecule has 0 radical (unpaired) electrons. The van der Waals surface area contributed by atoms with Gasteiger partial charge in [0.25, 0.3) is 5.91 Å². The molecule has 1 amide bonds. The molecule has 2 aromatic rings. The van der Waals surface area contributed by atoms with Gasteiger partial charge in [-0.2, -0.15) is 0 Å². The lowest BCUT2D eigenvalue weighted by molar-refractivity contribution is 0.0936. The van der Waals surface area contributed by atoms with E-state index in [0.717, 1.165) is 23.8 Å². The summed E-state index contributed by atoms with van der Waals surface area (Å²) < 4.78 is 0. The van der Waals surface area contributed by atoms with Gasteiger partial charge in [-0.1, -0.05) is 11.6 Å². The molecule has 1 saturated heterocycles. The maximum absolute atomic E-state index is 12.2. The van der Waals surface area contributed by atoms with Gasteiger partial charge in [0, 0.05) is 37.3 Å². The Bertz CT molecular complexity index is 677. The predicted octanol–water partition coefficient (Wildman–Crippen LogP) is 1.66. The van der Waals surface area contributed by atoms with E-state index in [-0.39, 0.29) is 11.9 Å². The highest BCUT2D eigenvalue weighted by molar-refractivity contribution is 7.09. The number of carbonyl (C=O) groups excluding carboxylic acids is 1. The standard InChI is InChI=1S/C14H16ClN5OS/c15-10-2-1-4-17-13(10)20-5-3-9(7-20)18-14(21)11-8-22-12(6-16)19-11/h1-2,4,8-9H,3,5-7,16H2,(H,18,21). The van der Waals surface area contributed by atoms with Crippen LogP contribution < -0.4 is 16.0 Å². The minimum atomic E-state index is -0.157. The van der Waals surface area contributed by atoms with Gasteiger partial charge < -0.3 is 16.0 Å². The van der Waals surface area contributed by atoms with E-state index in [1.807, 2.05) is 6.07 Å². The topological polar surface area (TPSA) is 84.1 Å². The molecule has 3 heterocycles. The van der Waals surface area contributed by atoms with Gasteiger partial charge in [0.05, 0.1) is 5.02 Å². The van der Waals surface area contributed by atoms with Crippen LogP contribution in [0, 0.1) is 0 Å². The number of thiazole rings is 1. The van der Waals surface area contributed by atoms with E-state index in [1.165, 1.54) is 11.3 Å². The summed E-state index contributed by atoms with van der Waals surface area (Å²) in [5.41, 5.74) is 5.94. The first-order valence-electron chi connectivity index (χ1n) is 6.98. The first-order chi connectivity index (χ1) is 10.7. The lowest BCUT2D eigenvalue weighted by atomic mass is 10.2. The van der Waals surface area contributed by atoms with Crippen LogP contribution in [0.3, 0.4) is 0 Å². The number of carbonyl (C=O) groups is 1. The van der Waals surface area contributed by atoms with Gasteiger partial charge in [0.2, 0.25) is 0 Å². The first-order valence-corrected chi connectivity index (χ1v) is 8.24. The summed E-state index contributed by atoms with van der Waals surface area (Å²) in [6.07, 6.45) is 2.57. The third kappa shape index (κ3) is 3.21. The molecule has 0 saturated carbocycles. The minimum Gasteiger partial charge on any atom is -0.353 e. The van der Waals surface area contributed by atoms with Crippen molar-refractivity contribution in [2.45, 2.75) is 19.0 Å². The molecule has 0 aromatic carbocycles. The fraction of sp³-hybridized carbons (Fsp3) is 0.357. The van der Waals surface area contributed by atoms with E-state index >= 15 is 0 Å². The lowest BCUT2D eigenvalue weighted by Crippen LogP contribution is -2.37. The van der Waals surface area contributed by atoms with Gasteiger partial charge in [-0.05, 0) is 18.6 Å². The number of halogens is 1. The SMILES string of the molecule is NCc1nc(C(=O)NC2CCN(c3ncccc3Cl)C2)cs1. The monoisotopic (exact) mass is 337 g/mol. The van der Waals surface area contributed by atoms with Crippen molar-refractivity contribution in [2.24, 2.45) is 5.73 Å². The highest BCUT2D eigenvalue weighted by Crippen LogP contribution is 2.25. The van der Waals surface area contributed by atoms with Crippen LogP contribution in [0.1, 0.15) is 21.9 Å². The Hall–Kier alpha value is -1.70. The van der Waals surface area contributed by atoms with E-state index in [0.29, 0.717) is 23.8 Å². The third-order valence-electron chi connectivity index (χ3n) is 3.52. The van der Waals surface area contributed by atoms with Crippen molar-refractivity contribution in [3.63, 3.8) is 0 Å². The molecule has 116 valence electrons. The average Bonchev–Trinajstić information content (AvgIpc) is 3.16. The fourth-order valence-corrected chi connectivity index (χ4v) is 3.34. The number of pyridine rings is 1. The number of nitrogens with one attached hydrogen (secondary N) is 1. The molecule has 8 heteroatoms. The van der Waals surface area contributed by atoms with Gasteiger partial charge in [0.1, 0.15) is 16.5 Å². The molecule has 0 spiro atoms. The summed E-state index contributed by atoms with van der Waals surface area (Å²) in [4.78, 5) is 22.8. The summed E-state index contributed by atoms with van der Waals surface area (Å²) in [5.74, 6) is 0.606. The van der Waals surface area contributed by atoms with Crippen molar-refractivity contribution >= 4 is 34.7 Å². The number of amides is 1. The number of nitrogens with two attached hydrogens (primary N) is 1. The van der Waals surface area contributed by atoms with Gasteiger partial charge in [-0.25, -0.2) is 9.97 Å². The second-order valence-corrected chi connectivity index (χ2v) is 6.39. The molecule has 1 unspecified atom stereocenters. The van der Waals surface area contributed by atoms with E-state index < -0.39 is 0 Å². The highest BCUT2D eigenvalue weighted by Gasteiger charge is 2.26. The van der Waals surface area contributed by atoms with Gasteiger partial charge in [-0.15, -0.1) is 11.3 Å². The van der Waals surface area contributed by atoms with Gasteiger partial charge in [-0.3, -0.25) is 4.79 Å². The van der Waals surface area contributed by atoms with Crippen molar-refractivity contribution in [1.29, 1.82) is 0 Å². The van der Waals surface area contributed by atoms with Crippen LogP contribution in [-0.2, 0) is 6.54 Å². The van der Waals surface area contributed by atoms with Crippen LogP contribution in [0.2, 0.25) is 5.02 Å². The molecule has 1 atom stereocenters. The van der Waals surface area contributed by atoms with Crippen LogP contribution in [-0.4, -0.2) is 35.0 Å². The molecular weight excluding hydrogens is 322 g/mol. The quantitative estimate of drug-likeness (QED) is 0.886.